The van der Waals surface area contributed by atoms with Gasteiger partial charge in [0, 0.05) is 24.7 Å². The zero-order chi connectivity index (χ0) is 14.7. The van der Waals surface area contributed by atoms with Gasteiger partial charge in [0.2, 0.25) is 0 Å². The summed E-state index contributed by atoms with van der Waals surface area (Å²) in [5, 5.41) is 0.833. The second-order valence-electron chi connectivity index (χ2n) is 4.85. The SMILES string of the molecule is CCOC(=O)c1ccc(N2CCOCC2)c2ncccc12. The highest BCUT2D eigenvalue weighted by atomic mass is 16.5. The van der Waals surface area contributed by atoms with Crippen LogP contribution in [0.15, 0.2) is 30.5 Å². The number of benzene rings is 1. The molecule has 0 spiro atoms. The van der Waals surface area contributed by atoms with E-state index in [2.05, 4.69) is 9.88 Å². The molecule has 2 heterocycles. The van der Waals surface area contributed by atoms with Crippen molar-refractivity contribution in [1.29, 1.82) is 0 Å². The number of esters is 1. The Balaban J connectivity index is 2.07. The van der Waals surface area contributed by atoms with E-state index in [0.717, 1.165) is 29.7 Å². The van der Waals surface area contributed by atoms with E-state index in [1.807, 2.05) is 24.3 Å². The van der Waals surface area contributed by atoms with Gasteiger partial charge in [0.1, 0.15) is 0 Å². The van der Waals surface area contributed by atoms with Crippen LogP contribution < -0.4 is 4.90 Å². The third kappa shape index (κ3) is 2.69. The van der Waals surface area contributed by atoms with E-state index >= 15 is 0 Å². The fourth-order valence-electron chi connectivity index (χ4n) is 2.60. The molecular weight excluding hydrogens is 268 g/mol. The van der Waals surface area contributed by atoms with Crippen molar-refractivity contribution in [2.75, 3.05) is 37.8 Å². The highest BCUT2D eigenvalue weighted by Crippen LogP contribution is 2.28. The number of ether oxygens (including phenoxy) is 2. The second-order valence-corrected chi connectivity index (χ2v) is 4.85. The molecule has 1 aromatic heterocycles. The lowest BCUT2D eigenvalue weighted by molar-refractivity contribution is 0.0528. The maximum absolute atomic E-state index is 12.1. The summed E-state index contributed by atoms with van der Waals surface area (Å²) in [4.78, 5) is 18.8. The summed E-state index contributed by atoms with van der Waals surface area (Å²) < 4.78 is 10.5. The first-order valence-electron chi connectivity index (χ1n) is 7.19. The highest BCUT2D eigenvalue weighted by molar-refractivity contribution is 6.07. The molecule has 0 radical (unpaired) electrons. The van der Waals surface area contributed by atoms with Gasteiger partial charge in [-0.05, 0) is 25.1 Å². The van der Waals surface area contributed by atoms with Gasteiger partial charge in [-0.2, -0.15) is 0 Å². The van der Waals surface area contributed by atoms with E-state index in [9.17, 15) is 4.79 Å². The first-order valence-corrected chi connectivity index (χ1v) is 7.19. The normalized spacial score (nSPS) is 15.2. The fraction of sp³-hybridized carbons (Fsp3) is 0.375. The van der Waals surface area contributed by atoms with Gasteiger partial charge in [0.05, 0.1) is 36.6 Å². The van der Waals surface area contributed by atoms with E-state index in [1.165, 1.54) is 0 Å². The number of hydrogen-bond acceptors (Lipinski definition) is 5. The summed E-state index contributed by atoms with van der Waals surface area (Å²) in [6.45, 7) is 5.28. The lowest BCUT2D eigenvalue weighted by Gasteiger charge is -2.29. The monoisotopic (exact) mass is 286 g/mol. The Labute approximate surface area is 123 Å². The Morgan fingerprint density at radius 1 is 1.33 bits per heavy atom. The Morgan fingerprint density at radius 2 is 2.14 bits per heavy atom. The van der Waals surface area contributed by atoms with Crippen molar-refractivity contribution in [3.63, 3.8) is 0 Å². The molecule has 0 aliphatic carbocycles. The molecule has 2 aromatic rings. The van der Waals surface area contributed by atoms with Crippen molar-refractivity contribution in [2.45, 2.75) is 6.92 Å². The topological polar surface area (TPSA) is 51.7 Å². The maximum atomic E-state index is 12.1. The van der Waals surface area contributed by atoms with Crippen molar-refractivity contribution in [3.8, 4) is 0 Å². The zero-order valence-corrected chi connectivity index (χ0v) is 12.0. The molecular formula is C16H18N2O3. The Bertz CT molecular complexity index is 651. The minimum absolute atomic E-state index is 0.302. The summed E-state index contributed by atoms with van der Waals surface area (Å²) >= 11 is 0. The minimum atomic E-state index is -0.302. The average Bonchev–Trinajstić information content (AvgIpc) is 2.55. The number of carbonyl (C=O) groups is 1. The minimum Gasteiger partial charge on any atom is -0.462 e. The molecule has 110 valence electrons. The van der Waals surface area contributed by atoms with Crippen molar-refractivity contribution in [3.05, 3.63) is 36.0 Å². The van der Waals surface area contributed by atoms with Crippen molar-refractivity contribution in [1.82, 2.24) is 4.98 Å². The van der Waals surface area contributed by atoms with Crippen LogP contribution in [0.3, 0.4) is 0 Å². The number of rotatable bonds is 3. The van der Waals surface area contributed by atoms with Crippen molar-refractivity contribution < 1.29 is 14.3 Å². The van der Waals surface area contributed by atoms with E-state index in [1.54, 1.807) is 13.1 Å². The number of aromatic nitrogens is 1. The molecule has 5 nitrogen and oxygen atoms in total. The highest BCUT2D eigenvalue weighted by Gasteiger charge is 2.18. The van der Waals surface area contributed by atoms with Crippen LogP contribution in [-0.2, 0) is 9.47 Å². The predicted molar refractivity (Wildman–Crippen MR) is 80.7 cm³/mol. The van der Waals surface area contributed by atoms with Gasteiger partial charge in [0.25, 0.3) is 0 Å². The molecule has 0 bridgehead atoms. The average molecular weight is 286 g/mol. The standard InChI is InChI=1S/C16H18N2O3/c1-2-21-16(19)13-5-6-14(18-8-10-20-11-9-18)15-12(13)4-3-7-17-15/h3-7H,2,8-11H2,1H3. The maximum Gasteiger partial charge on any atom is 0.338 e. The van der Waals surface area contributed by atoms with E-state index < -0.39 is 0 Å². The Kier molecular flexibility index (Phi) is 4.01. The molecule has 3 rings (SSSR count). The van der Waals surface area contributed by atoms with Gasteiger partial charge in [-0.1, -0.05) is 6.07 Å². The lowest BCUT2D eigenvalue weighted by Crippen LogP contribution is -2.36. The number of hydrogen-bond donors (Lipinski definition) is 0. The summed E-state index contributed by atoms with van der Waals surface area (Å²) in [7, 11) is 0. The Hall–Kier alpha value is -2.14. The first-order chi connectivity index (χ1) is 10.3. The van der Waals surface area contributed by atoms with E-state index in [4.69, 9.17) is 9.47 Å². The molecule has 0 amide bonds. The number of anilines is 1. The summed E-state index contributed by atoms with van der Waals surface area (Å²) in [6.07, 6.45) is 1.75. The van der Waals surface area contributed by atoms with Crippen LogP contribution in [0.1, 0.15) is 17.3 Å². The fourth-order valence-corrected chi connectivity index (χ4v) is 2.60. The van der Waals surface area contributed by atoms with Crippen LogP contribution in [0, 0.1) is 0 Å². The second kappa shape index (κ2) is 6.10. The van der Waals surface area contributed by atoms with Gasteiger partial charge >= 0.3 is 5.97 Å². The van der Waals surface area contributed by atoms with Crippen LogP contribution in [0.25, 0.3) is 10.9 Å². The number of nitrogens with zero attached hydrogens (tertiary/aromatic N) is 2. The molecule has 0 unspecified atom stereocenters. The van der Waals surface area contributed by atoms with Crippen molar-refractivity contribution >= 4 is 22.6 Å². The van der Waals surface area contributed by atoms with Crippen LogP contribution >= 0.6 is 0 Å². The predicted octanol–water partition coefficient (Wildman–Crippen LogP) is 2.25. The molecule has 0 atom stereocenters. The number of carbonyl (C=O) groups excluding carboxylic acids is 1. The zero-order valence-electron chi connectivity index (χ0n) is 12.0. The third-order valence-corrected chi connectivity index (χ3v) is 3.60. The molecule has 0 N–H and O–H groups in total. The molecule has 21 heavy (non-hydrogen) atoms. The quantitative estimate of drug-likeness (QED) is 0.810. The molecule has 0 saturated carbocycles. The summed E-state index contributed by atoms with van der Waals surface area (Å²) in [5.74, 6) is -0.302. The van der Waals surface area contributed by atoms with Gasteiger partial charge in [0.15, 0.2) is 0 Å². The van der Waals surface area contributed by atoms with Crippen LogP contribution in [0.2, 0.25) is 0 Å². The van der Waals surface area contributed by atoms with Crippen LogP contribution in [0.5, 0.6) is 0 Å². The van der Waals surface area contributed by atoms with Gasteiger partial charge < -0.3 is 14.4 Å². The number of morpholine rings is 1. The summed E-state index contributed by atoms with van der Waals surface area (Å²) in [5.41, 5.74) is 2.45. The molecule has 1 aliphatic heterocycles. The van der Waals surface area contributed by atoms with Crippen LogP contribution in [0.4, 0.5) is 5.69 Å². The third-order valence-electron chi connectivity index (χ3n) is 3.60. The largest absolute Gasteiger partial charge is 0.462 e. The van der Waals surface area contributed by atoms with Gasteiger partial charge in [-0.25, -0.2) is 4.79 Å². The Morgan fingerprint density at radius 3 is 2.90 bits per heavy atom. The lowest BCUT2D eigenvalue weighted by atomic mass is 10.1. The molecule has 5 heteroatoms. The number of pyridine rings is 1. The van der Waals surface area contributed by atoms with Gasteiger partial charge in [-0.3, -0.25) is 4.98 Å². The smallest absolute Gasteiger partial charge is 0.338 e. The summed E-state index contributed by atoms with van der Waals surface area (Å²) in [6, 6.07) is 7.53. The van der Waals surface area contributed by atoms with Crippen molar-refractivity contribution in [2.24, 2.45) is 0 Å². The van der Waals surface area contributed by atoms with Gasteiger partial charge in [-0.15, -0.1) is 0 Å². The molecule has 1 aliphatic rings. The van der Waals surface area contributed by atoms with E-state index in [0.29, 0.717) is 25.4 Å². The van der Waals surface area contributed by atoms with E-state index in [-0.39, 0.29) is 5.97 Å². The molecule has 1 aromatic carbocycles. The molecule has 1 fully saturated rings. The molecule has 1 saturated heterocycles. The first kappa shape index (κ1) is 13.8. The van der Waals surface area contributed by atoms with Crippen LogP contribution in [-0.4, -0.2) is 43.9 Å². The number of fused-ring (bicyclic) bond motifs is 1.